The zero-order valence-electron chi connectivity index (χ0n) is 6.49. The normalized spacial score (nSPS) is 25.3. The van der Waals surface area contributed by atoms with Crippen molar-refractivity contribution in [2.75, 3.05) is 19.6 Å². The number of hydrogen-bond donors (Lipinski definition) is 2. The van der Waals surface area contributed by atoms with E-state index in [1.54, 1.807) is 4.90 Å². The van der Waals surface area contributed by atoms with Crippen molar-refractivity contribution in [2.45, 2.75) is 18.1 Å². The highest BCUT2D eigenvalue weighted by atomic mass is 32.1. The largest absolute Gasteiger partial charge is 0.341 e. The van der Waals surface area contributed by atoms with E-state index in [9.17, 15) is 4.79 Å². The molecule has 1 aliphatic rings. The van der Waals surface area contributed by atoms with Gasteiger partial charge >= 0.3 is 0 Å². The topological polar surface area (TPSA) is 46.3 Å². The van der Waals surface area contributed by atoms with Gasteiger partial charge in [0.25, 0.3) is 0 Å². The molecule has 0 saturated carbocycles. The quantitative estimate of drug-likeness (QED) is 0.544. The summed E-state index contributed by atoms with van der Waals surface area (Å²) in [7, 11) is 0. The van der Waals surface area contributed by atoms with Crippen molar-refractivity contribution >= 4 is 18.5 Å². The number of carbonyl (C=O) groups excluding carboxylic acids is 1. The van der Waals surface area contributed by atoms with Crippen LogP contribution >= 0.6 is 12.6 Å². The van der Waals surface area contributed by atoms with Crippen LogP contribution in [-0.4, -0.2) is 35.7 Å². The van der Waals surface area contributed by atoms with Crippen LogP contribution in [0.25, 0.3) is 0 Å². The molecule has 3 nitrogen and oxygen atoms in total. The van der Waals surface area contributed by atoms with Crippen molar-refractivity contribution in [2.24, 2.45) is 5.73 Å². The molecule has 1 saturated heterocycles. The van der Waals surface area contributed by atoms with Crippen LogP contribution in [-0.2, 0) is 4.79 Å². The summed E-state index contributed by atoms with van der Waals surface area (Å²) in [4.78, 5) is 12.9. The second-order valence-electron chi connectivity index (χ2n) is 2.84. The molecule has 0 bridgehead atoms. The van der Waals surface area contributed by atoms with Gasteiger partial charge in [0, 0.05) is 18.3 Å². The second kappa shape index (κ2) is 3.97. The van der Waals surface area contributed by atoms with Gasteiger partial charge in [0.2, 0.25) is 5.91 Å². The van der Waals surface area contributed by atoms with E-state index in [1.807, 2.05) is 0 Å². The number of likely N-dealkylation sites (tertiary alicyclic amines) is 1. The molecule has 1 rings (SSSR count). The maximum absolute atomic E-state index is 11.1. The first-order chi connectivity index (χ1) is 5.24. The average molecular weight is 174 g/mol. The third-order valence-electron chi connectivity index (χ3n) is 1.92. The third-order valence-corrected chi connectivity index (χ3v) is 2.35. The Labute approximate surface area is 72.3 Å². The van der Waals surface area contributed by atoms with Crippen molar-refractivity contribution in [3.63, 3.8) is 0 Å². The van der Waals surface area contributed by atoms with Gasteiger partial charge in [-0.25, -0.2) is 0 Å². The molecule has 4 heteroatoms. The van der Waals surface area contributed by atoms with E-state index < -0.39 is 0 Å². The van der Waals surface area contributed by atoms with Crippen LogP contribution in [0.4, 0.5) is 0 Å². The summed E-state index contributed by atoms with van der Waals surface area (Å²) in [6.07, 6.45) is 2.16. The number of carbonyl (C=O) groups is 1. The Morgan fingerprint density at radius 3 is 3.00 bits per heavy atom. The number of hydrogen-bond acceptors (Lipinski definition) is 3. The molecule has 1 fully saturated rings. The molecule has 11 heavy (non-hydrogen) atoms. The number of piperidine rings is 1. The summed E-state index contributed by atoms with van der Waals surface area (Å²) in [5.41, 5.74) is 5.23. The number of nitrogens with zero attached hydrogens (tertiary/aromatic N) is 1. The van der Waals surface area contributed by atoms with Gasteiger partial charge in [0.05, 0.1) is 6.54 Å². The van der Waals surface area contributed by atoms with Crippen molar-refractivity contribution in [3.8, 4) is 0 Å². The van der Waals surface area contributed by atoms with Gasteiger partial charge in [-0.1, -0.05) is 0 Å². The highest BCUT2D eigenvalue weighted by Gasteiger charge is 2.19. The summed E-state index contributed by atoms with van der Waals surface area (Å²) in [5.74, 6) is 0.0451. The molecule has 2 N–H and O–H groups in total. The number of thiol groups is 1. The van der Waals surface area contributed by atoms with Crippen LogP contribution in [0.2, 0.25) is 0 Å². The van der Waals surface area contributed by atoms with E-state index in [0.717, 1.165) is 25.9 Å². The SMILES string of the molecule is NCC(=O)N1CCCC(S)C1. The molecule has 1 atom stereocenters. The standard InChI is InChI=1S/C7H14N2OS/c8-4-7(10)9-3-1-2-6(11)5-9/h6,11H,1-5,8H2. The molecular formula is C7H14N2OS. The monoisotopic (exact) mass is 174 g/mol. The molecule has 0 aliphatic carbocycles. The molecule has 1 aliphatic heterocycles. The predicted molar refractivity (Wildman–Crippen MR) is 47.6 cm³/mol. The molecule has 0 radical (unpaired) electrons. The minimum Gasteiger partial charge on any atom is -0.341 e. The van der Waals surface area contributed by atoms with E-state index in [4.69, 9.17) is 5.73 Å². The highest BCUT2D eigenvalue weighted by molar-refractivity contribution is 7.81. The van der Waals surface area contributed by atoms with E-state index in [1.165, 1.54) is 0 Å². The predicted octanol–water partition coefficient (Wildman–Crippen LogP) is -0.134. The Kier molecular flexibility index (Phi) is 3.20. The highest BCUT2D eigenvalue weighted by Crippen LogP contribution is 2.14. The van der Waals surface area contributed by atoms with Gasteiger partial charge in [-0.2, -0.15) is 12.6 Å². The molecule has 1 unspecified atom stereocenters. The lowest BCUT2D eigenvalue weighted by Gasteiger charge is -2.29. The first kappa shape index (κ1) is 8.87. The number of rotatable bonds is 1. The Morgan fingerprint density at radius 2 is 2.45 bits per heavy atom. The zero-order chi connectivity index (χ0) is 8.27. The average Bonchev–Trinajstić information content (AvgIpc) is 2.03. The number of amides is 1. The molecule has 0 aromatic rings. The fraction of sp³-hybridized carbons (Fsp3) is 0.857. The minimum atomic E-state index is 0.0451. The van der Waals surface area contributed by atoms with Gasteiger partial charge in [0.1, 0.15) is 0 Å². The molecule has 0 spiro atoms. The van der Waals surface area contributed by atoms with E-state index in [0.29, 0.717) is 5.25 Å². The van der Waals surface area contributed by atoms with Crippen LogP contribution in [0, 0.1) is 0 Å². The second-order valence-corrected chi connectivity index (χ2v) is 3.57. The van der Waals surface area contributed by atoms with Crippen molar-refractivity contribution < 1.29 is 4.79 Å². The molecule has 1 heterocycles. The summed E-state index contributed by atoms with van der Waals surface area (Å²) < 4.78 is 0. The first-order valence-electron chi connectivity index (χ1n) is 3.90. The smallest absolute Gasteiger partial charge is 0.236 e. The summed E-state index contributed by atoms with van der Waals surface area (Å²) in [5, 5.41) is 0.347. The lowest BCUT2D eigenvalue weighted by atomic mass is 10.1. The summed E-state index contributed by atoms with van der Waals surface area (Å²) in [6, 6.07) is 0. The van der Waals surface area contributed by atoms with E-state index >= 15 is 0 Å². The van der Waals surface area contributed by atoms with E-state index in [-0.39, 0.29) is 12.5 Å². The molecule has 0 aromatic heterocycles. The molecule has 64 valence electrons. The fourth-order valence-corrected chi connectivity index (χ4v) is 1.69. The van der Waals surface area contributed by atoms with Gasteiger partial charge in [-0.15, -0.1) is 0 Å². The Balaban J connectivity index is 2.39. The van der Waals surface area contributed by atoms with Crippen LogP contribution in [0.3, 0.4) is 0 Å². The Bertz CT molecular complexity index is 151. The van der Waals surface area contributed by atoms with Crippen molar-refractivity contribution in [1.29, 1.82) is 0 Å². The zero-order valence-corrected chi connectivity index (χ0v) is 7.39. The van der Waals surface area contributed by atoms with Gasteiger partial charge in [0.15, 0.2) is 0 Å². The van der Waals surface area contributed by atoms with Crippen molar-refractivity contribution in [1.82, 2.24) is 4.90 Å². The maximum atomic E-state index is 11.1. The first-order valence-corrected chi connectivity index (χ1v) is 4.41. The van der Waals surface area contributed by atoms with E-state index in [2.05, 4.69) is 12.6 Å². The summed E-state index contributed by atoms with van der Waals surface area (Å²) in [6.45, 7) is 1.74. The van der Waals surface area contributed by atoms with Crippen LogP contribution in [0.1, 0.15) is 12.8 Å². The molecule has 1 amide bonds. The van der Waals surface area contributed by atoms with Crippen LogP contribution in [0.15, 0.2) is 0 Å². The third kappa shape index (κ3) is 2.38. The van der Waals surface area contributed by atoms with Crippen molar-refractivity contribution in [3.05, 3.63) is 0 Å². The van der Waals surface area contributed by atoms with Crippen LogP contribution in [0.5, 0.6) is 0 Å². The van der Waals surface area contributed by atoms with Gasteiger partial charge < -0.3 is 10.6 Å². The Hall–Kier alpha value is -0.220. The molecule has 0 aromatic carbocycles. The maximum Gasteiger partial charge on any atom is 0.236 e. The van der Waals surface area contributed by atoms with Gasteiger partial charge in [-0.05, 0) is 12.8 Å². The lowest BCUT2D eigenvalue weighted by Crippen LogP contribution is -2.43. The van der Waals surface area contributed by atoms with Gasteiger partial charge in [-0.3, -0.25) is 4.79 Å². The number of nitrogens with two attached hydrogens (primary N) is 1. The van der Waals surface area contributed by atoms with Crippen LogP contribution < -0.4 is 5.73 Å². The molecular weight excluding hydrogens is 160 g/mol. The lowest BCUT2D eigenvalue weighted by molar-refractivity contribution is -0.130. The fourth-order valence-electron chi connectivity index (χ4n) is 1.31. The summed E-state index contributed by atoms with van der Waals surface area (Å²) >= 11 is 4.32. The minimum absolute atomic E-state index is 0.0451. The Morgan fingerprint density at radius 1 is 1.73 bits per heavy atom.